The lowest BCUT2D eigenvalue weighted by atomic mass is 10.0. The smallest absolute Gasteiger partial charge is 0.243 e. The molecule has 0 aliphatic carbocycles. The molecule has 3 rings (SSSR count). The number of hydrogen-bond donors (Lipinski definition) is 0. The van der Waals surface area contributed by atoms with Crippen LogP contribution in [0.1, 0.15) is 18.1 Å². The van der Waals surface area contributed by atoms with Crippen molar-refractivity contribution in [2.45, 2.75) is 31.7 Å². The fourth-order valence-corrected chi connectivity index (χ4v) is 5.16. The summed E-state index contributed by atoms with van der Waals surface area (Å²) in [5.74, 6) is -0.179. The molecule has 1 aromatic heterocycles. The predicted molar refractivity (Wildman–Crippen MR) is 101 cm³/mol. The number of carbonyl (C=O) groups is 1. The van der Waals surface area contributed by atoms with Gasteiger partial charge in [0.2, 0.25) is 15.9 Å². The van der Waals surface area contributed by atoms with E-state index in [0.29, 0.717) is 12.1 Å². The Kier molecular flexibility index (Phi) is 4.71. The Morgan fingerprint density at radius 3 is 2.38 bits per heavy atom. The standard InChI is InChI=1S/C19H25N3O3S/c1-13-10-18(14(2)9-16(13)17-7-6-8-20(17)4)26(24,25)22-11-15(3)21(5)19(23)12-22/h6-10,15H,11-12H2,1-5H3/t15-/m1/s1. The number of nitrogens with zero attached hydrogens (tertiary/aromatic N) is 3. The van der Waals surface area contributed by atoms with E-state index in [1.165, 1.54) is 4.31 Å². The molecule has 0 saturated carbocycles. The summed E-state index contributed by atoms with van der Waals surface area (Å²) in [6.07, 6.45) is 1.96. The van der Waals surface area contributed by atoms with Gasteiger partial charge in [0.05, 0.1) is 11.4 Å². The third kappa shape index (κ3) is 3.05. The van der Waals surface area contributed by atoms with Crippen LogP contribution in [-0.4, -0.2) is 54.3 Å². The zero-order valence-corrected chi connectivity index (χ0v) is 16.7. The van der Waals surface area contributed by atoms with Crippen molar-refractivity contribution < 1.29 is 13.2 Å². The van der Waals surface area contributed by atoms with Crippen molar-refractivity contribution in [3.8, 4) is 11.3 Å². The van der Waals surface area contributed by atoms with Crippen LogP contribution in [0.3, 0.4) is 0 Å². The van der Waals surface area contributed by atoms with Gasteiger partial charge in [0, 0.05) is 44.1 Å². The van der Waals surface area contributed by atoms with Gasteiger partial charge in [-0.25, -0.2) is 8.42 Å². The van der Waals surface area contributed by atoms with E-state index in [1.54, 1.807) is 24.9 Å². The van der Waals surface area contributed by atoms with E-state index in [4.69, 9.17) is 0 Å². The van der Waals surface area contributed by atoms with Gasteiger partial charge in [-0.2, -0.15) is 4.31 Å². The highest BCUT2D eigenvalue weighted by molar-refractivity contribution is 7.89. The number of piperazine rings is 1. The summed E-state index contributed by atoms with van der Waals surface area (Å²) >= 11 is 0. The first-order chi connectivity index (χ1) is 12.1. The summed E-state index contributed by atoms with van der Waals surface area (Å²) in [4.78, 5) is 14.0. The van der Waals surface area contributed by atoms with E-state index >= 15 is 0 Å². The number of hydrogen-bond acceptors (Lipinski definition) is 3. The Hall–Kier alpha value is -2.12. The fourth-order valence-electron chi connectivity index (χ4n) is 3.40. The number of aromatic nitrogens is 1. The van der Waals surface area contributed by atoms with E-state index in [-0.39, 0.29) is 23.4 Å². The van der Waals surface area contributed by atoms with E-state index in [1.807, 2.05) is 49.9 Å². The van der Waals surface area contributed by atoms with Gasteiger partial charge in [-0.15, -0.1) is 0 Å². The molecule has 1 atom stereocenters. The van der Waals surface area contributed by atoms with Crippen molar-refractivity contribution in [1.82, 2.24) is 13.8 Å². The maximum absolute atomic E-state index is 13.2. The molecule has 0 bridgehead atoms. The molecule has 26 heavy (non-hydrogen) atoms. The molecule has 2 aromatic rings. The van der Waals surface area contributed by atoms with Crippen LogP contribution in [0, 0.1) is 13.8 Å². The van der Waals surface area contributed by atoms with Gasteiger partial charge in [-0.1, -0.05) is 0 Å². The number of carbonyl (C=O) groups excluding carboxylic acids is 1. The Bertz CT molecular complexity index is 962. The van der Waals surface area contributed by atoms with Gasteiger partial charge in [0.15, 0.2) is 0 Å². The molecule has 0 spiro atoms. The Morgan fingerprint density at radius 2 is 1.81 bits per heavy atom. The van der Waals surface area contributed by atoms with Crippen molar-refractivity contribution in [1.29, 1.82) is 0 Å². The van der Waals surface area contributed by atoms with Gasteiger partial charge in [-0.3, -0.25) is 4.79 Å². The first kappa shape index (κ1) is 18.7. The third-order valence-corrected chi connectivity index (χ3v) is 7.15. The minimum atomic E-state index is -3.72. The number of rotatable bonds is 3. The number of aryl methyl sites for hydroxylation is 3. The molecule has 0 radical (unpaired) electrons. The summed E-state index contributed by atoms with van der Waals surface area (Å²) in [7, 11) is -0.0475. The Labute approximate surface area is 155 Å². The maximum Gasteiger partial charge on any atom is 0.243 e. The molecule has 1 aliphatic rings. The van der Waals surface area contributed by atoms with Crippen LogP contribution in [0.4, 0.5) is 0 Å². The van der Waals surface area contributed by atoms with Crippen LogP contribution >= 0.6 is 0 Å². The minimum Gasteiger partial charge on any atom is -0.351 e. The molecule has 2 heterocycles. The average molecular weight is 375 g/mol. The molecule has 1 amide bonds. The molecule has 1 saturated heterocycles. The summed E-state index contributed by atoms with van der Waals surface area (Å²) in [5, 5.41) is 0. The second-order valence-electron chi connectivity index (χ2n) is 7.09. The first-order valence-corrected chi connectivity index (χ1v) is 10.1. The Balaban J connectivity index is 2.03. The van der Waals surface area contributed by atoms with Crippen LogP contribution in [0.2, 0.25) is 0 Å². The van der Waals surface area contributed by atoms with Crippen LogP contribution in [0.25, 0.3) is 11.3 Å². The molecule has 1 fully saturated rings. The van der Waals surface area contributed by atoms with E-state index < -0.39 is 10.0 Å². The molecule has 7 heteroatoms. The quantitative estimate of drug-likeness (QED) is 0.826. The van der Waals surface area contributed by atoms with Crippen molar-refractivity contribution in [2.75, 3.05) is 20.1 Å². The zero-order chi connectivity index (χ0) is 19.2. The zero-order valence-electron chi connectivity index (χ0n) is 15.9. The number of benzene rings is 1. The number of sulfonamides is 1. The second-order valence-corrected chi connectivity index (χ2v) is 8.99. The number of likely N-dealkylation sites (N-methyl/N-ethyl adjacent to an activating group) is 1. The SMILES string of the molecule is Cc1cc(S(=O)(=O)N2CC(=O)N(C)[C@H](C)C2)c(C)cc1-c1cccn1C. The lowest BCUT2D eigenvalue weighted by Crippen LogP contribution is -2.55. The van der Waals surface area contributed by atoms with E-state index in [0.717, 1.165) is 16.8 Å². The molecule has 1 aromatic carbocycles. The topological polar surface area (TPSA) is 62.6 Å². The highest BCUT2D eigenvalue weighted by atomic mass is 32.2. The highest BCUT2D eigenvalue weighted by Gasteiger charge is 2.36. The number of amides is 1. The molecule has 6 nitrogen and oxygen atoms in total. The summed E-state index contributed by atoms with van der Waals surface area (Å²) < 4.78 is 29.7. The van der Waals surface area contributed by atoms with Crippen molar-refractivity contribution in [3.63, 3.8) is 0 Å². The van der Waals surface area contributed by atoms with Crippen LogP contribution in [-0.2, 0) is 21.9 Å². The summed E-state index contributed by atoms with van der Waals surface area (Å²) in [5.41, 5.74) is 3.63. The first-order valence-electron chi connectivity index (χ1n) is 8.61. The van der Waals surface area contributed by atoms with Crippen molar-refractivity contribution in [2.24, 2.45) is 7.05 Å². The highest BCUT2D eigenvalue weighted by Crippen LogP contribution is 2.30. The van der Waals surface area contributed by atoms with Crippen LogP contribution in [0.5, 0.6) is 0 Å². The molecular formula is C19H25N3O3S. The van der Waals surface area contributed by atoms with E-state index in [2.05, 4.69) is 0 Å². The largest absolute Gasteiger partial charge is 0.351 e. The van der Waals surface area contributed by atoms with Gasteiger partial charge in [-0.05, 0) is 56.2 Å². The van der Waals surface area contributed by atoms with Crippen LogP contribution < -0.4 is 0 Å². The molecule has 0 unspecified atom stereocenters. The van der Waals surface area contributed by atoms with Crippen LogP contribution in [0.15, 0.2) is 35.4 Å². The molecule has 0 N–H and O–H groups in total. The predicted octanol–water partition coefficient (Wildman–Crippen LogP) is 2.16. The van der Waals surface area contributed by atoms with Crippen molar-refractivity contribution >= 4 is 15.9 Å². The normalized spacial score (nSPS) is 19.2. The molecule has 1 aliphatic heterocycles. The minimum absolute atomic E-state index is 0.110. The summed E-state index contributed by atoms with van der Waals surface area (Å²) in [6, 6.07) is 7.47. The molecule has 140 valence electrons. The lowest BCUT2D eigenvalue weighted by molar-refractivity contribution is -0.135. The lowest BCUT2D eigenvalue weighted by Gasteiger charge is -2.36. The van der Waals surface area contributed by atoms with E-state index in [9.17, 15) is 13.2 Å². The van der Waals surface area contributed by atoms with Gasteiger partial charge in [0.1, 0.15) is 0 Å². The molecular weight excluding hydrogens is 350 g/mol. The second kappa shape index (κ2) is 6.55. The summed E-state index contributed by atoms with van der Waals surface area (Å²) in [6.45, 7) is 5.78. The fraction of sp³-hybridized carbons (Fsp3) is 0.421. The third-order valence-electron chi connectivity index (χ3n) is 5.19. The van der Waals surface area contributed by atoms with Gasteiger partial charge < -0.3 is 9.47 Å². The van der Waals surface area contributed by atoms with Gasteiger partial charge in [0.25, 0.3) is 0 Å². The van der Waals surface area contributed by atoms with Gasteiger partial charge >= 0.3 is 0 Å². The average Bonchev–Trinajstić information content (AvgIpc) is 2.99. The Morgan fingerprint density at radius 1 is 1.12 bits per heavy atom. The van der Waals surface area contributed by atoms with Crippen molar-refractivity contribution in [3.05, 3.63) is 41.6 Å². The maximum atomic E-state index is 13.2. The monoisotopic (exact) mass is 375 g/mol.